The second kappa shape index (κ2) is 9.69. The number of nitro benzene ring substituents is 1. The number of rotatable bonds is 3. The number of pyridine rings is 2. The SMILES string of the molecule is Nc1cccc(-c2cnc3cc(Cl)ccn23)c1.O=[N+]([O-])c1cccc(-c2cnc3cc(Cl)ccn23)c1. The standard InChI is InChI=1S/C13H8ClN3O2.C13H10ClN3/c14-10-4-5-16-12(8-15-13(16)7-10)9-2-1-3-11(6-9)17(18)19;14-10-4-5-17-12(8-16-13(17)7-10)9-2-1-3-11(15)6-9/h1-8H;1-8H,15H2. The average molecular weight is 517 g/mol. The summed E-state index contributed by atoms with van der Waals surface area (Å²) in [6, 6.07) is 21.3. The van der Waals surface area contributed by atoms with Gasteiger partial charge in [-0.15, -0.1) is 0 Å². The van der Waals surface area contributed by atoms with Crippen molar-refractivity contribution < 1.29 is 4.92 Å². The monoisotopic (exact) mass is 516 g/mol. The van der Waals surface area contributed by atoms with Crippen LogP contribution < -0.4 is 5.73 Å². The number of nitrogen functional groups attached to an aromatic ring is 1. The molecule has 2 aromatic carbocycles. The van der Waals surface area contributed by atoms with Crippen molar-refractivity contribution in [2.75, 3.05) is 5.73 Å². The second-order valence-corrected chi connectivity index (χ2v) is 8.74. The number of non-ortho nitro benzene ring substituents is 1. The van der Waals surface area contributed by atoms with E-state index < -0.39 is 4.92 Å². The van der Waals surface area contributed by atoms with Crippen molar-refractivity contribution in [1.82, 2.24) is 18.8 Å². The third-order valence-electron chi connectivity index (χ3n) is 5.49. The van der Waals surface area contributed by atoms with Crippen molar-refractivity contribution in [3.63, 3.8) is 0 Å². The Kier molecular flexibility index (Phi) is 6.28. The van der Waals surface area contributed by atoms with Crippen LogP contribution >= 0.6 is 23.2 Å². The quantitative estimate of drug-likeness (QED) is 0.158. The van der Waals surface area contributed by atoms with E-state index in [-0.39, 0.29) is 5.69 Å². The zero-order valence-corrected chi connectivity index (χ0v) is 20.1. The number of nitrogens with zero attached hydrogens (tertiary/aromatic N) is 5. The molecular formula is C26H18Cl2N6O2. The minimum atomic E-state index is -0.413. The van der Waals surface area contributed by atoms with Crippen LogP contribution in [0, 0.1) is 10.1 Å². The summed E-state index contributed by atoms with van der Waals surface area (Å²) in [6.07, 6.45) is 7.19. The fourth-order valence-electron chi connectivity index (χ4n) is 3.82. The van der Waals surface area contributed by atoms with E-state index in [2.05, 4.69) is 9.97 Å². The lowest BCUT2D eigenvalue weighted by Gasteiger charge is -2.03. The molecule has 4 aromatic heterocycles. The molecule has 2 N–H and O–H groups in total. The Labute approximate surface area is 215 Å². The highest BCUT2D eigenvalue weighted by atomic mass is 35.5. The van der Waals surface area contributed by atoms with Gasteiger partial charge in [0.05, 0.1) is 28.7 Å². The van der Waals surface area contributed by atoms with E-state index in [1.54, 1.807) is 30.6 Å². The predicted molar refractivity (Wildman–Crippen MR) is 142 cm³/mol. The average Bonchev–Trinajstić information content (AvgIpc) is 3.48. The molecule has 0 atom stereocenters. The first kappa shape index (κ1) is 23.3. The highest BCUT2D eigenvalue weighted by Crippen LogP contribution is 2.26. The van der Waals surface area contributed by atoms with Gasteiger partial charge in [-0.2, -0.15) is 0 Å². The molecule has 0 unspecified atom stereocenters. The molecule has 4 heterocycles. The van der Waals surface area contributed by atoms with E-state index in [9.17, 15) is 10.1 Å². The summed E-state index contributed by atoms with van der Waals surface area (Å²) >= 11 is 11.8. The predicted octanol–water partition coefficient (Wildman–Crippen LogP) is 6.80. The lowest BCUT2D eigenvalue weighted by molar-refractivity contribution is -0.384. The number of fused-ring (bicyclic) bond motifs is 2. The number of anilines is 1. The molecule has 0 amide bonds. The summed E-state index contributed by atoms with van der Waals surface area (Å²) in [5.74, 6) is 0. The maximum absolute atomic E-state index is 10.8. The van der Waals surface area contributed by atoms with Crippen molar-refractivity contribution >= 4 is 45.9 Å². The molecule has 0 saturated heterocycles. The summed E-state index contributed by atoms with van der Waals surface area (Å²) in [7, 11) is 0. The first-order chi connectivity index (χ1) is 17.4. The molecule has 0 saturated carbocycles. The highest BCUT2D eigenvalue weighted by molar-refractivity contribution is 6.31. The molecule has 10 heteroatoms. The fraction of sp³-hybridized carbons (Fsp3) is 0. The molecule has 0 fully saturated rings. The zero-order chi connectivity index (χ0) is 25.2. The third kappa shape index (κ3) is 4.72. The van der Waals surface area contributed by atoms with E-state index in [1.165, 1.54) is 12.1 Å². The normalized spacial score (nSPS) is 10.8. The number of nitro groups is 1. The largest absolute Gasteiger partial charge is 0.399 e. The molecule has 0 aliphatic heterocycles. The molecule has 8 nitrogen and oxygen atoms in total. The van der Waals surface area contributed by atoms with Gasteiger partial charge in [0.1, 0.15) is 11.3 Å². The van der Waals surface area contributed by atoms with Crippen LogP contribution in [0.3, 0.4) is 0 Å². The fourth-order valence-corrected chi connectivity index (χ4v) is 4.12. The van der Waals surface area contributed by atoms with E-state index in [0.29, 0.717) is 15.7 Å². The number of hydrogen-bond donors (Lipinski definition) is 1. The molecule has 6 rings (SSSR count). The molecule has 0 radical (unpaired) electrons. The van der Waals surface area contributed by atoms with Crippen molar-refractivity contribution in [1.29, 1.82) is 0 Å². The lowest BCUT2D eigenvalue weighted by Crippen LogP contribution is -1.90. The van der Waals surface area contributed by atoms with Crippen molar-refractivity contribution in [2.45, 2.75) is 0 Å². The van der Waals surface area contributed by atoms with Crippen LogP contribution in [0.15, 0.2) is 97.6 Å². The minimum absolute atomic E-state index is 0.0569. The number of halogens is 2. The second-order valence-electron chi connectivity index (χ2n) is 7.87. The summed E-state index contributed by atoms with van der Waals surface area (Å²) < 4.78 is 3.82. The van der Waals surface area contributed by atoms with Gasteiger partial charge < -0.3 is 5.73 Å². The number of imidazole rings is 2. The molecule has 0 bridgehead atoms. The van der Waals surface area contributed by atoms with Gasteiger partial charge >= 0.3 is 0 Å². The van der Waals surface area contributed by atoms with E-state index in [4.69, 9.17) is 28.9 Å². The topological polar surface area (TPSA) is 104 Å². The lowest BCUT2D eigenvalue weighted by atomic mass is 10.1. The summed E-state index contributed by atoms with van der Waals surface area (Å²) in [5, 5.41) is 12.1. The maximum atomic E-state index is 10.8. The van der Waals surface area contributed by atoms with E-state index in [0.717, 1.165) is 33.8 Å². The maximum Gasteiger partial charge on any atom is 0.270 e. The van der Waals surface area contributed by atoms with Gasteiger partial charge in [-0.1, -0.05) is 47.5 Å². The van der Waals surface area contributed by atoms with Crippen LogP contribution in [0.25, 0.3) is 33.8 Å². The van der Waals surface area contributed by atoms with E-state index >= 15 is 0 Å². The molecule has 178 valence electrons. The summed E-state index contributed by atoms with van der Waals surface area (Å²) in [4.78, 5) is 18.9. The van der Waals surface area contributed by atoms with Crippen LogP contribution in [0.4, 0.5) is 11.4 Å². The summed E-state index contributed by atoms with van der Waals surface area (Å²) in [6.45, 7) is 0. The number of nitrogens with two attached hydrogens (primary N) is 1. The van der Waals surface area contributed by atoms with Crippen LogP contribution in [0.2, 0.25) is 10.0 Å². The Balaban J connectivity index is 0.000000149. The van der Waals surface area contributed by atoms with Gasteiger partial charge in [-0.3, -0.25) is 18.9 Å². The van der Waals surface area contributed by atoms with E-state index in [1.807, 2.05) is 63.7 Å². The minimum Gasteiger partial charge on any atom is -0.399 e. The molecule has 0 aliphatic rings. The Bertz CT molecular complexity index is 1730. The Morgan fingerprint density at radius 3 is 1.81 bits per heavy atom. The summed E-state index contributed by atoms with van der Waals surface area (Å²) in [5.41, 5.74) is 11.7. The van der Waals surface area contributed by atoms with Crippen LogP contribution in [0.1, 0.15) is 0 Å². The van der Waals surface area contributed by atoms with Gasteiger partial charge in [-0.05, 0) is 24.3 Å². The Morgan fingerprint density at radius 1 is 0.750 bits per heavy atom. The first-order valence-electron chi connectivity index (χ1n) is 10.7. The first-order valence-corrected chi connectivity index (χ1v) is 11.5. The smallest absolute Gasteiger partial charge is 0.270 e. The highest BCUT2D eigenvalue weighted by Gasteiger charge is 2.11. The van der Waals surface area contributed by atoms with Gasteiger partial charge in [0.15, 0.2) is 0 Å². The molecular weight excluding hydrogens is 499 g/mol. The van der Waals surface area contributed by atoms with Crippen LogP contribution in [-0.4, -0.2) is 23.7 Å². The van der Waals surface area contributed by atoms with Crippen LogP contribution in [-0.2, 0) is 0 Å². The van der Waals surface area contributed by atoms with Gasteiger partial charge in [0, 0.05) is 63.5 Å². The van der Waals surface area contributed by atoms with Gasteiger partial charge in [0.25, 0.3) is 5.69 Å². The Morgan fingerprint density at radius 2 is 1.28 bits per heavy atom. The molecule has 0 aliphatic carbocycles. The van der Waals surface area contributed by atoms with Crippen LogP contribution in [0.5, 0.6) is 0 Å². The zero-order valence-electron chi connectivity index (χ0n) is 18.6. The third-order valence-corrected chi connectivity index (χ3v) is 5.96. The number of hydrogen-bond acceptors (Lipinski definition) is 5. The number of benzene rings is 2. The number of aromatic nitrogens is 4. The molecule has 0 spiro atoms. The van der Waals surface area contributed by atoms with Gasteiger partial charge in [-0.25, -0.2) is 9.97 Å². The van der Waals surface area contributed by atoms with Crippen molar-refractivity contribution in [3.05, 3.63) is 118 Å². The van der Waals surface area contributed by atoms with Gasteiger partial charge in [0.2, 0.25) is 0 Å². The molecule has 36 heavy (non-hydrogen) atoms. The van der Waals surface area contributed by atoms with Crippen molar-refractivity contribution in [2.24, 2.45) is 0 Å². The Hall–Kier alpha value is -4.40. The van der Waals surface area contributed by atoms with Crippen molar-refractivity contribution in [3.8, 4) is 22.5 Å². The molecule has 6 aromatic rings.